The van der Waals surface area contributed by atoms with Gasteiger partial charge in [0.05, 0.1) is 10.5 Å². The molecule has 0 saturated carbocycles. The second-order valence-electron chi connectivity index (χ2n) is 6.87. The van der Waals surface area contributed by atoms with E-state index >= 15 is 0 Å². The summed E-state index contributed by atoms with van der Waals surface area (Å²) in [7, 11) is -3.67. The highest BCUT2D eigenvalue weighted by Crippen LogP contribution is 2.32. The van der Waals surface area contributed by atoms with E-state index in [1.807, 2.05) is 13.0 Å². The number of fused-ring (bicyclic) bond motifs is 1. The number of amides is 1. The first-order valence-electron chi connectivity index (χ1n) is 8.46. The number of carbonyl (C=O) groups excluding carboxylic acids is 1. The van der Waals surface area contributed by atoms with E-state index in [0.717, 1.165) is 41.1 Å². The summed E-state index contributed by atoms with van der Waals surface area (Å²) < 4.78 is 66.2. The molecule has 0 bridgehead atoms. The van der Waals surface area contributed by atoms with Gasteiger partial charge in [0, 0.05) is 24.4 Å². The first-order chi connectivity index (χ1) is 13.3. The lowest BCUT2D eigenvalue weighted by Gasteiger charge is -2.19. The van der Waals surface area contributed by atoms with Crippen LogP contribution in [0.5, 0.6) is 5.75 Å². The van der Waals surface area contributed by atoms with Crippen molar-refractivity contribution < 1.29 is 31.1 Å². The van der Waals surface area contributed by atoms with E-state index < -0.39 is 28.5 Å². The van der Waals surface area contributed by atoms with Crippen molar-refractivity contribution in [2.24, 2.45) is 0 Å². The van der Waals surface area contributed by atoms with Gasteiger partial charge in [-0.3, -0.25) is 4.79 Å². The minimum absolute atomic E-state index is 0.184. The van der Waals surface area contributed by atoms with Crippen LogP contribution in [0.4, 0.5) is 13.2 Å². The Kier molecular flexibility index (Phi) is 5.57. The molecule has 0 spiro atoms. The number of alkyl halides is 3. The lowest BCUT2D eigenvalue weighted by Crippen LogP contribution is -2.27. The Morgan fingerprint density at radius 3 is 2.38 bits per heavy atom. The smallest absolute Gasteiger partial charge is 0.422 e. The number of hydrogen-bond acceptors (Lipinski definition) is 4. The molecule has 0 N–H and O–H groups in total. The molecule has 2 aromatic carbocycles. The minimum Gasteiger partial charge on any atom is -0.483 e. The standard InChI is InChI=1S/C19H17ClF3NO4S/c1-11-5-12-8-24(9-13(12)6-16(11)20)18(25)15-7-14(29(2,26)27)3-4-17(15)28-10-19(21,22)23/h3-7H,8-10H2,1-2H3. The first kappa shape index (κ1) is 21.4. The van der Waals surface area contributed by atoms with E-state index in [2.05, 4.69) is 0 Å². The lowest BCUT2D eigenvalue weighted by molar-refractivity contribution is -0.153. The number of rotatable bonds is 4. The Balaban J connectivity index is 1.96. The number of ether oxygens (including phenoxy) is 1. The van der Waals surface area contributed by atoms with E-state index in [-0.39, 0.29) is 29.3 Å². The molecule has 3 rings (SSSR count). The van der Waals surface area contributed by atoms with Gasteiger partial charge in [0.2, 0.25) is 0 Å². The third kappa shape index (κ3) is 4.84. The number of carbonyl (C=O) groups is 1. The first-order valence-corrected chi connectivity index (χ1v) is 10.7. The Morgan fingerprint density at radius 1 is 1.17 bits per heavy atom. The molecule has 0 aliphatic carbocycles. The van der Waals surface area contributed by atoms with Crippen molar-refractivity contribution >= 4 is 27.3 Å². The third-order valence-corrected chi connectivity index (χ3v) is 6.01. The topological polar surface area (TPSA) is 63.7 Å². The Labute approximate surface area is 170 Å². The zero-order chi connectivity index (χ0) is 21.6. The Bertz CT molecular complexity index is 1050. The Hall–Kier alpha value is -2.26. The van der Waals surface area contributed by atoms with Crippen LogP contribution in [0.1, 0.15) is 27.0 Å². The quantitative estimate of drug-likeness (QED) is 0.706. The molecule has 1 heterocycles. The largest absolute Gasteiger partial charge is 0.483 e. The van der Waals surface area contributed by atoms with Gasteiger partial charge in [0.1, 0.15) is 5.75 Å². The van der Waals surface area contributed by atoms with Gasteiger partial charge in [0.15, 0.2) is 16.4 Å². The van der Waals surface area contributed by atoms with Crippen molar-refractivity contribution in [2.45, 2.75) is 31.1 Å². The predicted octanol–water partition coefficient (Wildman–Crippen LogP) is 4.15. The lowest BCUT2D eigenvalue weighted by atomic mass is 10.1. The number of hydrogen-bond donors (Lipinski definition) is 0. The van der Waals surface area contributed by atoms with Crippen LogP contribution >= 0.6 is 11.6 Å². The molecule has 0 atom stereocenters. The third-order valence-electron chi connectivity index (χ3n) is 4.49. The van der Waals surface area contributed by atoms with Crippen molar-refractivity contribution in [3.63, 3.8) is 0 Å². The number of nitrogens with zero attached hydrogens (tertiary/aromatic N) is 1. The van der Waals surface area contributed by atoms with Crippen LogP contribution in [0, 0.1) is 6.92 Å². The van der Waals surface area contributed by atoms with Gasteiger partial charge >= 0.3 is 6.18 Å². The van der Waals surface area contributed by atoms with Gasteiger partial charge < -0.3 is 9.64 Å². The molecule has 1 aliphatic heterocycles. The van der Waals surface area contributed by atoms with E-state index in [0.29, 0.717) is 5.02 Å². The molecule has 0 saturated heterocycles. The van der Waals surface area contributed by atoms with Crippen molar-refractivity contribution in [3.8, 4) is 5.75 Å². The molecular formula is C19H17ClF3NO4S. The number of halogens is 4. The summed E-state index contributed by atoms with van der Waals surface area (Å²) in [4.78, 5) is 14.3. The highest BCUT2D eigenvalue weighted by atomic mass is 35.5. The summed E-state index contributed by atoms with van der Waals surface area (Å²) in [5, 5.41) is 0.548. The van der Waals surface area contributed by atoms with E-state index in [1.165, 1.54) is 4.90 Å². The zero-order valence-corrected chi connectivity index (χ0v) is 17.1. The van der Waals surface area contributed by atoms with Crippen LogP contribution in [-0.4, -0.2) is 38.3 Å². The normalized spacial score (nSPS) is 14.1. The fourth-order valence-corrected chi connectivity index (χ4v) is 3.88. The van der Waals surface area contributed by atoms with Crippen molar-refractivity contribution in [2.75, 3.05) is 12.9 Å². The van der Waals surface area contributed by atoms with Crippen LogP contribution in [-0.2, 0) is 22.9 Å². The SMILES string of the molecule is Cc1cc2c(cc1Cl)CN(C(=O)c1cc(S(C)(=O)=O)ccc1OCC(F)(F)F)C2. The van der Waals surface area contributed by atoms with Gasteiger partial charge in [-0.1, -0.05) is 17.7 Å². The fourth-order valence-electron chi connectivity index (χ4n) is 3.05. The van der Waals surface area contributed by atoms with Crippen molar-refractivity contribution in [1.82, 2.24) is 4.90 Å². The second kappa shape index (κ2) is 7.53. The van der Waals surface area contributed by atoms with Gasteiger partial charge in [-0.25, -0.2) is 8.42 Å². The molecule has 2 aromatic rings. The summed E-state index contributed by atoms with van der Waals surface area (Å²) in [6, 6.07) is 6.82. The average Bonchev–Trinajstić information content (AvgIpc) is 3.00. The number of sulfone groups is 1. The summed E-state index contributed by atoms with van der Waals surface area (Å²) in [6.07, 6.45) is -3.66. The highest BCUT2D eigenvalue weighted by molar-refractivity contribution is 7.90. The summed E-state index contributed by atoms with van der Waals surface area (Å²) >= 11 is 6.12. The fraction of sp³-hybridized carbons (Fsp3) is 0.316. The van der Waals surface area contributed by atoms with Gasteiger partial charge in [-0.2, -0.15) is 13.2 Å². The zero-order valence-electron chi connectivity index (χ0n) is 15.5. The molecule has 0 unspecified atom stereocenters. The van der Waals surface area contributed by atoms with Crippen LogP contribution in [0.25, 0.3) is 0 Å². The maximum Gasteiger partial charge on any atom is 0.422 e. The van der Waals surface area contributed by atoms with Crippen molar-refractivity contribution in [1.29, 1.82) is 0 Å². The monoisotopic (exact) mass is 447 g/mol. The minimum atomic E-state index is -4.60. The molecule has 0 aromatic heterocycles. The summed E-state index contributed by atoms with van der Waals surface area (Å²) in [6.45, 7) is 0.663. The maximum atomic E-state index is 13.0. The molecule has 1 aliphatic rings. The molecule has 1 amide bonds. The molecule has 156 valence electrons. The van der Waals surface area contributed by atoms with Crippen LogP contribution in [0.15, 0.2) is 35.2 Å². The molecule has 5 nitrogen and oxygen atoms in total. The highest BCUT2D eigenvalue weighted by Gasteiger charge is 2.31. The number of aryl methyl sites for hydroxylation is 1. The van der Waals surface area contributed by atoms with E-state index in [1.54, 1.807) is 6.07 Å². The van der Waals surface area contributed by atoms with E-state index in [4.69, 9.17) is 16.3 Å². The predicted molar refractivity (Wildman–Crippen MR) is 101 cm³/mol. The average molecular weight is 448 g/mol. The van der Waals surface area contributed by atoms with Crippen LogP contribution in [0.3, 0.4) is 0 Å². The van der Waals surface area contributed by atoms with Gasteiger partial charge in [-0.15, -0.1) is 0 Å². The summed E-state index contributed by atoms with van der Waals surface area (Å²) in [5.74, 6) is -0.956. The van der Waals surface area contributed by atoms with Crippen molar-refractivity contribution in [3.05, 3.63) is 57.6 Å². The van der Waals surface area contributed by atoms with Gasteiger partial charge in [0.25, 0.3) is 5.91 Å². The van der Waals surface area contributed by atoms with Crippen LogP contribution < -0.4 is 4.74 Å². The molecule has 29 heavy (non-hydrogen) atoms. The second-order valence-corrected chi connectivity index (χ2v) is 9.29. The number of benzene rings is 2. The van der Waals surface area contributed by atoms with Gasteiger partial charge in [-0.05, 0) is 47.9 Å². The van der Waals surface area contributed by atoms with E-state index in [9.17, 15) is 26.4 Å². The summed E-state index contributed by atoms with van der Waals surface area (Å²) in [5.41, 5.74) is 2.30. The van der Waals surface area contributed by atoms with Crippen LogP contribution in [0.2, 0.25) is 5.02 Å². The maximum absolute atomic E-state index is 13.0. The molecule has 0 fully saturated rings. The Morgan fingerprint density at radius 2 is 1.79 bits per heavy atom. The molecule has 0 radical (unpaired) electrons. The molecular weight excluding hydrogens is 431 g/mol. The molecule has 10 heteroatoms.